The second-order valence-corrected chi connectivity index (χ2v) is 11.3. The molecular weight excluding hydrogens is 530 g/mol. The summed E-state index contributed by atoms with van der Waals surface area (Å²) in [7, 11) is 0. The minimum atomic E-state index is -1.41. The van der Waals surface area contributed by atoms with Crippen LogP contribution in [0.15, 0.2) is 78.9 Å². The van der Waals surface area contributed by atoms with Crippen molar-refractivity contribution in [2.24, 2.45) is 11.8 Å². The summed E-state index contributed by atoms with van der Waals surface area (Å²) >= 11 is 6.51. The summed E-state index contributed by atoms with van der Waals surface area (Å²) < 4.78 is 6.97. The van der Waals surface area contributed by atoms with Crippen LogP contribution in [0, 0.1) is 11.8 Å². The van der Waals surface area contributed by atoms with E-state index < -0.39 is 35.1 Å². The monoisotopic (exact) mass is 561 g/mol. The van der Waals surface area contributed by atoms with Crippen LogP contribution in [0.2, 0.25) is 5.02 Å². The van der Waals surface area contributed by atoms with Gasteiger partial charge in [0, 0.05) is 18.8 Å². The maximum Gasteiger partial charge on any atom is 0.253 e. The van der Waals surface area contributed by atoms with Gasteiger partial charge in [-0.1, -0.05) is 73.2 Å². The Hall–Kier alpha value is -3.46. The molecule has 1 unspecified atom stereocenters. The Morgan fingerprint density at radius 2 is 1.60 bits per heavy atom. The molecule has 2 fully saturated rings. The van der Waals surface area contributed by atoms with Crippen LogP contribution < -0.4 is 9.80 Å². The predicted molar refractivity (Wildman–Crippen MR) is 152 cm³/mol. The highest BCUT2D eigenvalue weighted by Gasteiger charge is 2.75. The van der Waals surface area contributed by atoms with E-state index in [1.807, 2.05) is 55.5 Å². The number of hydrogen-bond donors (Lipinski definition) is 1. The van der Waals surface area contributed by atoms with Gasteiger partial charge in [0.15, 0.2) is 0 Å². The number of anilines is 2. The molecule has 4 heterocycles. The zero-order valence-corrected chi connectivity index (χ0v) is 23.2. The second kappa shape index (κ2) is 9.87. The fourth-order valence-corrected chi connectivity index (χ4v) is 7.23. The largest absolute Gasteiger partial charge is 0.394 e. The van der Waals surface area contributed by atoms with Crippen molar-refractivity contribution < 1.29 is 24.2 Å². The Kier molecular flexibility index (Phi) is 6.60. The Bertz CT molecular complexity index is 1410. The SMILES string of the molecule is CC[C@]12C=CCN(c3ccccc3)C(=O)[C@H]1[C@H]1C(=O)N([C@H](C)CO)C3C(=O)N(c4ccccc4Cl)CC=C[C@@]31O2. The van der Waals surface area contributed by atoms with Crippen molar-refractivity contribution in [3.05, 3.63) is 83.9 Å². The number of para-hydroxylation sites is 2. The lowest BCUT2D eigenvalue weighted by Crippen LogP contribution is -2.58. The van der Waals surface area contributed by atoms with Crippen LogP contribution in [-0.4, -0.2) is 70.7 Å². The van der Waals surface area contributed by atoms with Crippen molar-refractivity contribution in [3.8, 4) is 0 Å². The Morgan fingerprint density at radius 1 is 0.925 bits per heavy atom. The first-order valence-corrected chi connectivity index (χ1v) is 14.1. The zero-order chi connectivity index (χ0) is 28.2. The van der Waals surface area contributed by atoms with Crippen LogP contribution in [0.25, 0.3) is 0 Å². The molecule has 40 heavy (non-hydrogen) atoms. The summed E-state index contributed by atoms with van der Waals surface area (Å²) in [5, 5.41) is 10.6. The molecule has 6 rings (SSSR count). The fraction of sp³-hybridized carbons (Fsp3) is 0.387. The number of benzene rings is 2. The van der Waals surface area contributed by atoms with Crippen molar-refractivity contribution in [1.29, 1.82) is 0 Å². The van der Waals surface area contributed by atoms with Crippen molar-refractivity contribution in [1.82, 2.24) is 4.90 Å². The van der Waals surface area contributed by atoms with Crippen LogP contribution in [-0.2, 0) is 19.1 Å². The Balaban J connectivity index is 1.52. The van der Waals surface area contributed by atoms with Gasteiger partial charge in [0.2, 0.25) is 11.8 Å². The minimum absolute atomic E-state index is 0.218. The summed E-state index contributed by atoms with van der Waals surface area (Å²) in [6.07, 6.45) is 7.89. The van der Waals surface area contributed by atoms with E-state index in [1.165, 1.54) is 4.90 Å². The van der Waals surface area contributed by atoms with Gasteiger partial charge in [-0.05, 0) is 37.6 Å². The highest BCUT2D eigenvalue weighted by Crippen LogP contribution is 2.59. The average molecular weight is 562 g/mol. The number of ether oxygens (including phenoxy) is 1. The first-order valence-electron chi connectivity index (χ1n) is 13.7. The number of likely N-dealkylation sites (tertiary alicyclic amines) is 1. The molecule has 6 atom stereocenters. The van der Waals surface area contributed by atoms with E-state index in [9.17, 15) is 19.5 Å². The van der Waals surface area contributed by atoms with E-state index in [0.717, 1.165) is 5.69 Å². The van der Waals surface area contributed by atoms with Crippen molar-refractivity contribution in [2.75, 3.05) is 29.5 Å². The molecule has 1 spiro atoms. The van der Waals surface area contributed by atoms with E-state index in [2.05, 4.69) is 0 Å². The van der Waals surface area contributed by atoms with Gasteiger partial charge >= 0.3 is 0 Å². The van der Waals surface area contributed by atoms with Gasteiger partial charge in [-0.2, -0.15) is 0 Å². The highest BCUT2D eigenvalue weighted by atomic mass is 35.5. The molecule has 4 aliphatic heterocycles. The quantitative estimate of drug-likeness (QED) is 0.564. The number of nitrogens with zero attached hydrogens (tertiary/aromatic N) is 3. The Morgan fingerprint density at radius 3 is 2.30 bits per heavy atom. The predicted octanol–water partition coefficient (Wildman–Crippen LogP) is 3.59. The number of aliphatic hydroxyl groups excluding tert-OH is 1. The maximum absolute atomic E-state index is 14.5. The summed E-state index contributed by atoms with van der Waals surface area (Å²) in [4.78, 5) is 48.0. The number of amides is 3. The topological polar surface area (TPSA) is 90.4 Å². The zero-order valence-electron chi connectivity index (χ0n) is 22.4. The van der Waals surface area contributed by atoms with Crippen molar-refractivity contribution in [2.45, 2.75) is 43.6 Å². The smallest absolute Gasteiger partial charge is 0.253 e. The molecule has 9 heteroatoms. The summed E-state index contributed by atoms with van der Waals surface area (Å²) in [6, 6.07) is 14.6. The molecule has 4 aliphatic rings. The van der Waals surface area contributed by atoms with E-state index in [-0.39, 0.29) is 30.9 Å². The van der Waals surface area contributed by atoms with Crippen molar-refractivity contribution in [3.63, 3.8) is 0 Å². The second-order valence-electron chi connectivity index (χ2n) is 10.9. The van der Waals surface area contributed by atoms with E-state index in [1.54, 1.807) is 47.1 Å². The van der Waals surface area contributed by atoms with Crippen molar-refractivity contribution >= 4 is 40.7 Å². The van der Waals surface area contributed by atoms with Gasteiger partial charge in [0.1, 0.15) is 11.6 Å². The lowest BCUT2D eigenvalue weighted by atomic mass is 9.73. The molecule has 0 radical (unpaired) electrons. The van der Waals surface area contributed by atoms with Crippen LogP contribution in [0.4, 0.5) is 11.4 Å². The van der Waals surface area contributed by atoms with Crippen LogP contribution in [0.1, 0.15) is 20.3 Å². The first-order chi connectivity index (χ1) is 19.3. The molecule has 0 aliphatic carbocycles. The molecule has 8 nitrogen and oxygen atoms in total. The number of hydrogen-bond acceptors (Lipinski definition) is 5. The van der Waals surface area contributed by atoms with Gasteiger partial charge in [-0.3, -0.25) is 14.4 Å². The molecular formula is C31H32ClN3O5. The Labute approximate surface area is 238 Å². The summed E-state index contributed by atoms with van der Waals surface area (Å²) in [5.74, 6) is -2.79. The molecule has 2 aromatic rings. The number of carbonyl (C=O) groups excluding carboxylic acids is 3. The van der Waals surface area contributed by atoms with E-state index >= 15 is 0 Å². The van der Waals surface area contributed by atoms with Gasteiger partial charge in [0.25, 0.3) is 5.91 Å². The summed E-state index contributed by atoms with van der Waals surface area (Å²) in [6.45, 7) is 3.85. The standard InChI is InChI=1S/C31H32ClN3O5/c1-3-30-15-9-17-33(21-11-5-4-6-12-21)27(37)24(30)25-28(38)35(20(2)19-36)26-29(39)34(18-10-16-31(25,26)40-30)23-14-8-7-13-22(23)32/h4-16,20,24-26,36H,3,17-19H2,1-2H3/t20-,24-,25+,26?,30+,31+/m1/s1. The van der Waals surface area contributed by atoms with Gasteiger partial charge in [-0.25, -0.2) is 0 Å². The van der Waals surface area contributed by atoms with Gasteiger partial charge in [-0.15, -0.1) is 0 Å². The van der Waals surface area contributed by atoms with Crippen LogP contribution in [0.3, 0.4) is 0 Å². The van der Waals surface area contributed by atoms with Crippen LogP contribution in [0.5, 0.6) is 0 Å². The third-order valence-electron chi connectivity index (χ3n) is 8.83. The van der Waals surface area contributed by atoms with Gasteiger partial charge in [0.05, 0.1) is 40.8 Å². The minimum Gasteiger partial charge on any atom is -0.394 e. The number of carbonyl (C=O) groups is 3. The third-order valence-corrected chi connectivity index (χ3v) is 9.15. The molecule has 2 saturated heterocycles. The number of halogens is 1. The molecule has 208 valence electrons. The molecule has 1 N–H and O–H groups in total. The fourth-order valence-electron chi connectivity index (χ4n) is 6.99. The lowest BCUT2D eigenvalue weighted by molar-refractivity contribution is -0.148. The first kappa shape index (κ1) is 26.7. The highest BCUT2D eigenvalue weighted by molar-refractivity contribution is 6.34. The average Bonchev–Trinajstić information content (AvgIpc) is 3.27. The van der Waals surface area contributed by atoms with E-state index in [4.69, 9.17) is 16.3 Å². The molecule has 0 saturated carbocycles. The van der Waals surface area contributed by atoms with E-state index in [0.29, 0.717) is 23.7 Å². The number of aliphatic hydroxyl groups is 1. The third kappa shape index (κ3) is 3.70. The molecule has 2 aromatic carbocycles. The summed E-state index contributed by atoms with van der Waals surface area (Å²) in [5.41, 5.74) is -1.25. The lowest BCUT2D eigenvalue weighted by Gasteiger charge is -2.40. The maximum atomic E-state index is 14.5. The van der Waals surface area contributed by atoms with Crippen LogP contribution >= 0.6 is 11.6 Å². The molecule has 0 bridgehead atoms. The number of fused-ring (bicyclic) bond motifs is 2. The molecule has 0 aromatic heterocycles. The number of rotatable bonds is 5. The normalized spacial score (nSPS) is 32.0. The molecule has 3 amide bonds. The van der Waals surface area contributed by atoms with Gasteiger partial charge < -0.3 is 24.5 Å².